The van der Waals surface area contributed by atoms with Crippen molar-refractivity contribution in [2.24, 2.45) is 5.92 Å². The van der Waals surface area contributed by atoms with Gasteiger partial charge in [0, 0.05) is 17.8 Å². The van der Waals surface area contributed by atoms with E-state index >= 15 is 0 Å². The van der Waals surface area contributed by atoms with Crippen LogP contribution in [-0.2, 0) is 22.4 Å². The third-order valence-electron chi connectivity index (χ3n) is 5.24. The van der Waals surface area contributed by atoms with Crippen LogP contribution in [0.5, 0.6) is 5.75 Å². The van der Waals surface area contributed by atoms with Crippen LogP contribution in [0.25, 0.3) is 0 Å². The van der Waals surface area contributed by atoms with Crippen molar-refractivity contribution in [3.05, 3.63) is 45.6 Å². The Morgan fingerprint density at radius 2 is 2.10 bits per heavy atom. The minimum Gasteiger partial charge on any atom is -0.482 e. The van der Waals surface area contributed by atoms with Gasteiger partial charge in [0.1, 0.15) is 5.75 Å². The number of aryl methyl sites for hydroxylation is 1. The van der Waals surface area contributed by atoms with E-state index in [0.29, 0.717) is 22.2 Å². The molecular weight excluding hydrogens is 390 g/mol. The zero-order valence-corrected chi connectivity index (χ0v) is 17.0. The van der Waals surface area contributed by atoms with Crippen molar-refractivity contribution in [3.8, 4) is 5.75 Å². The molecule has 2 aromatic rings. The van der Waals surface area contributed by atoms with Gasteiger partial charge in [-0.25, -0.2) is 0 Å². The van der Waals surface area contributed by atoms with Crippen LogP contribution in [0.2, 0.25) is 0 Å². The fourth-order valence-corrected chi connectivity index (χ4v) is 4.78. The summed E-state index contributed by atoms with van der Waals surface area (Å²) in [6.45, 7) is 2.39. The van der Waals surface area contributed by atoms with Gasteiger partial charge in [-0.2, -0.15) is 0 Å². The molecule has 1 aliphatic heterocycles. The Balaban J connectivity index is 1.30. The molecule has 0 saturated heterocycles. The zero-order chi connectivity index (χ0) is 20.4. The molecule has 1 atom stereocenters. The van der Waals surface area contributed by atoms with E-state index in [-0.39, 0.29) is 37.3 Å². The quantitative estimate of drug-likeness (QED) is 0.754. The lowest BCUT2D eigenvalue weighted by molar-refractivity contribution is -0.122. The number of hydrogen-bond donors (Lipinski definition) is 2. The van der Waals surface area contributed by atoms with Gasteiger partial charge in [0.2, 0.25) is 5.91 Å². The molecule has 152 valence electrons. The van der Waals surface area contributed by atoms with E-state index in [4.69, 9.17) is 4.74 Å². The monoisotopic (exact) mass is 413 g/mol. The van der Waals surface area contributed by atoms with Gasteiger partial charge in [0.05, 0.1) is 10.6 Å². The van der Waals surface area contributed by atoms with Gasteiger partial charge >= 0.3 is 0 Å². The van der Waals surface area contributed by atoms with Crippen LogP contribution in [0.4, 0.5) is 5.69 Å². The van der Waals surface area contributed by atoms with E-state index in [1.165, 1.54) is 26.7 Å². The molecule has 0 saturated carbocycles. The second-order valence-electron chi connectivity index (χ2n) is 7.46. The van der Waals surface area contributed by atoms with Gasteiger partial charge in [-0.05, 0) is 48.9 Å². The number of carbonyl (C=O) groups is 3. The van der Waals surface area contributed by atoms with Gasteiger partial charge in [0.25, 0.3) is 11.8 Å². The Morgan fingerprint density at radius 1 is 1.28 bits per heavy atom. The highest BCUT2D eigenvalue weighted by Gasteiger charge is 2.25. The Kier molecular flexibility index (Phi) is 5.53. The summed E-state index contributed by atoms with van der Waals surface area (Å²) in [5, 5.41) is 0. The molecule has 2 heterocycles. The summed E-state index contributed by atoms with van der Waals surface area (Å²) in [4.78, 5) is 40.1. The maximum absolute atomic E-state index is 12.4. The summed E-state index contributed by atoms with van der Waals surface area (Å²) in [5.74, 6) is 0.403. The third kappa shape index (κ3) is 4.27. The highest BCUT2D eigenvalue weighted by molar-refractivity contribution is 7.14. The number of nitrogens with zero attached hydrogens (tertiary/aromatic N) is 1. The predicted molar refractivity (Wildman–Crippen MR) is 110 cm³/mol. The number of hydrogen-bond acceptors (Lipinski definition) is 5. The molecule has 8 heteroatoms. The number of para-hydroxylation sites is 2. The molecule has 3 amide bonds. The molecule has 0 unspecified atom stereocenters. The number of carbonyl (C=O) groups excluding carboxylic acids is 3. The van der Waals surface area contributed by atoms with Crippen LogP contribution in [0.15, 0.2) is 30.3 Å². The number of ether oxygens (including phenoxy) is 1. The van der Waals surface area contributed by atoms with Crippen molar-refractivity contribution in [2.45, 2.75) is 32.6 Å². The number of anilines is 1. The lowest BCUT2D eigenvalue weighted by atomic mass is 9.90. The largest absolute Gasteiger partial charge is 0.482 e. The average molecular weight is 413 g/mol. The first-order valence-corrected chi connectivity index (χ1v) is 10.6. The highest BCUT2D eigenvalue weighted by Crippen LogP contribution is 2.32. The average Bonchev–Trinajstić information content (AvgIpc) is 3.14. The Hall–Kier alpha value is -2.87. The molecule has 2 N–H and O–H groups in total. The number of nitrogens with one attached hydrogen (secondary N) is 2. The first-order valence-electron chi connectivity index (χ1n) is 9.74. The Labute approximate surface area is 173 Å². The van der Waals surface area contributed by atoms with Crippen molar-refractivity contribution < 1.29 is 19.1 Å². The van der Waals surface area contributed by atoms with Crippen LogP contribution >= 0.6 is 11.3 Å². The molecule has 0 bridgehead atoms. The van der Waals surface area contributed by atoms with Crippen LogP contribution in [0.1, 0.15) is 39.9 Å². The SMILES string of the molecule is C[C@@H]1CCc2sc(C(=O)NNC(=O)CCN3C(=O)COc4ccccc43)cc2C1. The Bertz CT molecular complexity index is 955. The van der Waals surface area contributed by atoms with Crippen molar-refractivity contribution in [2.75, 3.05) is 18.1 Å². The minimum absolute atomic E-state index is 0.0446. The summed E-state index contributed by atoms with van der Waals surface area (Å²) in [7, 11) is 0. The Morgan fingerprint density at radius 3 is 2.97 bits per heavy atom. The minimum atomic E-state index is -0.356. The number of thiophene rings is 1. The molecule has 2 aliphatic rings. The molecule has 0 spiro atoms. The molecule has 1 aromatic heterocycles. The zero-order valence-electron chi connectivity index (χ0n) is 16.2. The standard InChI is InChI=1S/C21H23N3O4S/c1-13-6-7-17-14(10-13)11-18(29-17)21(27)23-22-19(25)8-9-24-15-4-2-3-5-16(15)28-12-20(24)26/h2-5,11,13H,6-10,12H2,1H3,(H,22,25)(H,23,27)/t13-/m1/s1. The van der Waals surface area contributed by atoms with Crippen molar-refractivity contribution in [1.82, 2.24) is 10.9 Å². The van der Waals surface area contributed by atoms with E-state index in [9.17, 15) is 14.4 Å². The van der Waals surface area contributed by atoms with Crippen LogP contribution < -0.4 is 20.5 Å². The summed E-state index contributed by atoms with van der Waals surface area (Å²) in [5.41, 5.74) is 6.83. The van der Waals surface area contributed by atoms with E-state index < -0.39 is 0 Å². The summed E-state index contributed by atoms with van der Waals surface area (Å²) < 4.78 is 5.39. The van der Waals surface area contributed by atoms with E-state index in [0.717, 1.165) is 19.3 Å². The number of benzene rings is 1. The fourth-order valence-electron chi connectivity index (χ4n) is 3.68. The maximum atomic E-state index is 12.4. The molecule has 4 rings (SSSR count). The van der Waals surface area contributed by atoms with E-state index in [2.05, 4.69) is 17.8 Å². The van der Waals surface area contributed by atoms with Crippen molar-refractivity contribution in [3.63, 3.8) is 0 Å². The first kappa shape index (κ1) is 19.4. The lowest BCUT2D eigenvalue weighted by Crippen LogP contribution is -2.44. The summed E-state index contributed by atoms with van der Waals surface area (Å²) in [6, 6.07) is 9.15. The summed E-state index contributed by atoms with van der Waals surface area (Å²) >= 11 is 1.50. The first-order chi connectivity index (χ1) is 14.0. The number of hydrazine groups is 1. The molecule has 1 aliphatic carbocycles. The van der Waals surface area contributed by atoms with Gasteiger partial charge < -0.3 is 9.64 Å². The van der Waals surface area contributed by atoms with Crippen molar-refractivity contribution >= 4 is 34.7 Å². The molecule has 0 fully saturated rings. The van der Waals surface area contributed by atoms with E-state index in [1.807, 2.05) is 18.2 Å². The van der Waals surface area contributed by atoms with E-state index in [1.54, 1.807) is 12.1 Å². The van der Waals surface area contributed by atoms with Gasteiger partial charge in [-0.3, -0.25) is 25.2 Å². The number of fused-ring (bicyclic) bond motifs is 2. The van der Waals surface area contributed by atoms with Gasteiger partial charge in [0.15, 0.2) is 6.61 Å². The molecular formula is C21H23N3O4S. The van der Waals surface area contributed by atoms with Crippen LogP contribution in [-0.4, -0.2) is 30.9 Å². The van der Waals surface area contributed by atoms with Gasteiger partial charge in [-0.1, -0.05) is 19.1 Å². The lowest BCUT2D eigenvalue weighted by Gasteiger charge is -2.29. The normalized spacial score (nSPS) is 17.8. The van der Waals surface area contributed by atoms with Crippen LogP contribution in [0, 0.1) is 5.92 Å². The molecule has 0 radical (unpaired) electrons. The van der Waals surface area contributed by atoms with Crippen molar-refractivity contribution in [1.29, 1.82) is 0 Å². The predicted octanol–water partition coefficient (Wildman–Crippen LogP) is 2.45. The van der Waals surface area contributed by atoms with Gasteiger partial charge in [-0.15, -0.1) is 11.3 Å². The molecule has 1 aromatic carbocycles. The molecule has 29 heavy (non-hydrogen) atoms. The maximum Gasteiger partial charge on any atom is 0.279 e. The number of amides is 3. The van der Waals surface area contributed by atoms with Crippen LogP contribution in [0.3, 0.4) is 0 Å². The fraction of sp³-hybridized carbons (Fsp3) is 0.381. The second-order valence-corrected chi connectivity index (χ2v) is 8.60. The summed E-state index contributed by atoms with van der Waals surface area (Å²) in [6.07, 6.45) is 3.23. The smallest absolute Gasteiger partial charge is 0.279 e. The topological polar surface area (TPSA) is 87.7 Å². The number of rotatable bonds is 4. The third-order valence-corrected chi connectivity index (χ3v) is 6.48. The molecule has 7 nitrogen and oxygen atoms in total. The highest BCUT2D eigenvalue weighted by atomic mass is 32.1. The second kappa shape index (κ2) is 8.24.